The van der Waals surface area contributed by atoms with Crippen LogP contribution in [0.4, 0.5) is 0 Å². The van der Waals surface area contributed by atoms with Crippen LogP contribution >= 0.6 is 7.60 Å². The predicted octanol–water partition coefficient (Wildman–Crippen LogP) is 2.89. The van der Waals surface area contributed by atoms with Crippen LogP contribution in [-0.4, -0.2) is 38.9 Å². The van der Waals surface area contributed by atoms with Crippen LogP contribution in [0.5, 0.6) is 5.75 Å². The molecular weight excluding hydrogens is 311 g/mol. The van der Waals surface area contributed by atoms with Gasteiger partial charge in [0.2, 0.25) is 0 Å². The number of benzene rings is 1. The van der Waals surface area contributed by atoms with E-state index in [4.69, 9.17) is 9.05 Å². The summed E-state index contributed by atoms with van der Waals surface area (Å²) in [6, 6.07) is 3.97. The number of ether oxygens (including phenoxy) is 2. The van der Waals surface area contributed by atoms with Crippen LogP contribution in [0.15, 0.2) is 18.2 Å². The summed E-state index contributed by atoms with van der Waals surface area (Å²) >= 11 is 0. The summed E-state index contributed by atoms with van der Waals surface area (Å²) in [6.45, 7) is 3.56. The molecule has 1 atom stereocenters. The minimum atomic E-state index is -3.34. The first-order valence-electron chi connectivity index (χ1n) is 6.64. The van der Waals surface area contributed by atoms with E-state index in [1.165, 1.54) is 32.4 Å². The second-order valence-electron chi connectivity index (χ2n) is 4.17. The Morgan fingerprint density at radius 1 is 1.00 bits per heavy atom. The summed E-state index contributed by atoms with van der Waals surface area (Å²) in [5.74, 6) is -1.24. The van der Waals surface area contributed by atoms with Crippen molar-refractivity contribution in [3.63, 3.8) is 0 Å². The van der Waals surface area contributed by atoms with Gasteiger partial charge in [-0.1, -0.05) is 6.92 Å². The number of carbonyl (C=O) groups excluding carboxylic acids is 2. The minimum absolute atomic E-state index is 0.0712. The molecule has 1 rings (SSSR count). The van der Waals surface area contributed by atoms with E-state index >= 15 is 0 Å². The smallest absolute Gasteiger partial charge is 0.378 e. The van der Waals surface area contributed by atoms with Gasteiger partial charge < -0.3 is 18.5 Å². The lowest BCUT2D eigenvalue weighted by molar-refractivity contribution is 0.0598. The van der Waals surface area contributed by atoms with Crippen molar-refractivity contribution < 1.29 is 32.7 Å². The lowest BCUT2D eigenvalue weighted by atomic mass is 10.1. The zero-order chi connectivity index (χ0) is 16.8. The summed E-state index contributed by atoms with van der Waals surface area (Å²) < 4.78 is 32.1. The summed E-state index contributed by atoms with van der Waals surface area (Å²) in [4.78, 5) is 23.3. The van der Waals surface area contributed by atoms with E-state index in [9.17, 15) is 14.2 Å². The van der Waals surface area contributed by atoms with Gasteiger partial charge in [0.1, 0.15) is 5.75 Å². The van der Waals surface area contributed by atoms with E-state index in [1.807, 2.05) is 0 Å². The first kappa shape index (κ1) is 18.2. The average molecular weight is 330 g/mol. The SMILES string of the molecule is CCOP(=O)(CC)Oc1cc(C(=O)OC)cc(C(=O)OC)c1. The molecule has 8 heteroatoms. The van der Waals surface area contributed by atoms with Crippen molar-refractivity contribution in [2.75, 3.05) is 27.0 Å². The molecule has 0 bridgehead atoms. The topological polar surface area (TPSA) is 88.1 Å². The number of esters is 2. The van der Waals surface area contributed by atoms with Crippen LogP contribution < -0.4 is 4.52 Å². The van der Waals surface area contributed by atoms with Gasteiger partial charge in [0.15, 0.2) is 0 Å². The molecule has 0 amide bonds. The zero-order valence-corrected chi connectivity index (χ0v) is 13.8. The molecule has 0 aliphatic rings. The van der Waals surface area contributed by atoms with Gasteiger partial charge in [-0.2, -0.15) is 0 Å². The second kappa shape index (κ2) is 7.96. The highest BCUT2D eigenvalue weighted by Crippen LogP contribution is 2.48. The Kier molecular flexibility index (Phi) is 6.59. The molecule has 1 aromatic carbocycles. The molecule has 0 spiro atoms. The maximum absolute atomic E-state index is 12.4. The molecule has 0 heterocycles. The monoisotopic (exact) mass is 330 g/mol. The average Bonchev–Trinajstić information content (AvgIpc) is 2.53. The summed E-state index contributed by atoms with van der Waals surface area (Å²) in [7, 11) is -0.917. The summed E-state index contributed by atoms with van der Waals surface area (Å²) in [5.41, 5.74) is 0.166. The van der Waals surface area contributed by atoms with Gasteiger partial charge in [-0.3, -0.25) is 0 Å². The molecule has 0 aromatic heterocycles. The number of methoxy groups -OCH3 is 2. The molecule has 0 radical (unpaired) electrons. The van der Waals surface area contributed by atoms with Crippen LogP contribution in [0.2, 0.25) is 0 Å². The molecule has 0 saturated carbocycles. The van der Waals surface area contributed by atoms with Gasteiger partial charge in [-0.25, -0.2) is 14.2 Å². The molecule has 22 heavy (non-hydrogen) atoms. The molecule has 0 fully saturated rings. The van der Waals surface area contributed by atoms with Gasteiger partial charge in [-0.05, 0) is 25.1 Å². The molecule has 0 aliphatic heterocycles. The van der Waals surface area contributed by atoms with Crippen molar-refractivity contribution >= 4 is 19.5 Å². The minimum Gasteiger partial charge on any atom is -0.465 e. The molecule has 0 N–H and O–H groups in total. The van der Waals surface area contributed by atoms with Crippen molar-refractivity contribution in [3.8, 4) is 5.75 Å². The number of hydrogen-bond acceptors (Lipinski definition) is 7. The fourth-order valence-electron chi connectivity index (χ4n) is 1.66. The molecule has 0 aliphatic carbocycles. The normalized spacial score (nSPS) is 13.1. The maximum Gasteiger partial charge on any atom is 0.378 e. The van der Waals surface area contributed by atoms with E-state index in [0.717, 1.165) is 0 Å². The molecule has 1 aromatic rings. The van der Waals surface area contributed by atoms with Crippen LogP contribution in [-0.2, 0) is 18.6 Å². The van der Waals surface area contributed by atoms with Crippen molar-refractivity contribution in [1.82, 2.24) is 0 Å². The zero-order valence-electron chi connectivity index (χ0n) is 13.0. The fourth-order valence-corrected chi connectivity index (χ4v) is 2.85. The predicted molar refractivity (Wildman–Crippen MR) is 79.5 cm³/mol. The van der Waals surface area contributed by atoms with Gasteiger partial charge in [0.25, 0.3) is 0 Å². The van der Waals surface area contributed by atoms with Gasteiger partial charge in [-0.15, -0.1) is 0 Å². The Morgan fingerprint density at radius 3 is 1.86 bits per heavy atom. The van der Waals surface area contributed by atoms with Crippen LogP contribution in [0.25, 0.3) is 0 Å². The van der Waals surface area contributed by atoms with Crippen molar-refractivity contribution in [2.24, 2.45) is 0 Å². The van der Waals surface area contributed by atoms with E-state index < -0.39 is 19.5 Å². The maximum atomic E-state index is 12.4. The first-order chi connectivity index (χ1) is 10.4. The Balaban J connectivity index is 3.25. The number of carbonyl (C=O) groups is 2. The van der Waals surface area contributed by atoms with Gasteiger partial charge in [0, 0.05) is 0 Å². The lowest BCUT2D eigenvalue weighted by Crippen LogP contribution is -2.08. The highest BCUT2D eigenvalue weighted by atomic mass is 31.2. The van der Waals surface area contributed by atoms with Gasteiger partial charge >= 0.3 is 19.5 Å². The van der Waals surface area contributed by atoms with Crippen molar-refractivity contribution in [3.05, 3.63) is 29.3 Å². The molecule has 7 nitrogen and oxygen atoms in total. The second-order valence-corrected chi connectivity index (χ2v) is 6.46. The standard InChI is InChI=1S/C14H19O7P/c1-5-20-22(17,6-2)21-12-8-10(13(15)18-3)7-11(9-12)14(16)19-4/h7-9H,5-6H2,1-4H3. The molecule has 0 saturated heterocycles. The summed E-state index contributed by atoms with van der Waals surface area (Å²) in [6.07, 6.45) is 0.150. The Bertz CT molecular complexity index is 563. The molecular formula is C14H19O7P. The Labute approximate surface area is 129 Å². The summed E-state index contributed by atoms with van der Waals surface area (Å²) in [5, 5.41) is 0. The van der Waals surface area contributed by atoms with Crippen LogP contribution in [0.1, 0.15) is 34.6 Å². The lowest BCUT2D eigenvalue weighted by Gasteiger charge is -2.18. The number of rotatable bonds is 7. The number of hydrogen-bond donors (Lipinski definition) is 0. The molecule has 122 valence electrons. The fraction of sp³-hybridized carbons (Fsp3) is 0.429. The third-order valence-electron chi connectivity index (χ3n) is 2.71. The largest absolute Gasteiger partial charge is 0.465 e. The van der Waals surface area contributed by atoms with E-state index in [-0.39, 0.29) is 29.6 Å². The Hall–Kier alpha value is -1.85. The molecule has 1 unspecified atom stereocenters. The van der Waals surface area contributed by atoms with Crippen LogP contribution in [0.3, 0.4) is 0 Å². The van der Waals surface area contributed by atoms with Crippen molar-refractivity contribution in [1.29, 1.82) is 0 Å². The van der Waals surface area contributed by atoms with E-state index in [0.29, 0.717) is 0 Å². The third-order valence-corrected chi connectivity index (χ3v) is 4.62. The third kappa shape index (κ3) is 4.58. The van der Waals surface area contributed by atoms with E-state index in [1.54, 1.807) is 13.8 Å². The van der Waals surface area contributed by atoms with Gasteiger partial charge in [0.05, 0.1) is 38.1 Å². The highest BCUT2D eigenvalue weighted by Gasteiger charge is 2.24. The van der Waals surface area contributed by atoms with Crippen LogP contribution in [0, 0.1) is 0 Å². The first-order valence-corrected chi connectivity index (χ1v) is 8.36. The van der Waals surface area contributed by atoms with Crippen molar-refractivity contribution in [2.45, 2.75) is 13.8 Å². The van der Waals surface area contributed by atoms with E-state index in [2.05, 4.69) is 9.47 Å². The Morgan fingerprint density at radius 2 is 1.50 bits per heavy atom. The quantitative estimate of drug-likeness (QED) is 0.561. The highest BCUT2D eigenvalue weighted by molar-refractivity contribution is 7.54.